The lowest BCUT2D eigenvalue weighted by Crippen LogP contribution is -2.45. The third kappa shape index (κ3) is 5.78. The minimum absolute atomic E-state index is 0.0128. The molecule has 1 N–H and O–H groups in total. The molecular weight excluding hydrogens is 510 g/mol. The molecule has 2 fully saturated rings. The number of carbonyl (C=O) groups excluding carboxylic acids is 3. The molecule has 208 valence electrons. The lowest BCUT2D eigenvalue weighted by atomic mass is 9.97. The molecule has 2 atom stereocenters. The highest BCUT2D eigenvalue weighted by Crippen LogP contribution is 2.25. The third-order valence-corrected chi connectivity index (χ3v) is 7.53. The van der Waals surface area contributed by atoms with Crippen LogP contribution in [0.4, 0.5) is 5.69 Å². The first-order valence-electron chi connectivity index (χ1n) is 13.7. The van der Waals surface area contributed by atoms with E-state index in [9.17, 15) is 19.6 Å². The molecule has 2 saturated heterocycles. The number of nitrogens with zero attached hydrogens (tertiary/aromatic N) is 4. The number of anilines is 1. The van der Waals surface area contributed by atoms with Crippen LogP contribution in [0.3, 0.4) is 0 Å². The van der Waals surface area contributed by atoms with Crippen molar-refractivity contribution >= 4 is 40.1 Å². The first kappa shape index (κ1) is 27.2. The number of ketones is 1. The Kier molecular flexibility index (Phi) is 8.01. The fraction of sp³-hybridized carbons (Fsp3) is 0.433. The highest BCUT2D eigenvalue weighted by molar-refractivity contribution is 6.18. The summed E-state index contributed by atoms with van der Waals surface area (Å²) >= 11 is 0. The molecule has 2 aliphatic rings. The number of likely N-dealkylation sites (tertiary alicyclic amines) is 2. The Bertz CT molecular complexity index is 1490. The summed E-state index contributed by atoms with van der Waals surface area (Å²) in [4.78, 5) is 48.1. The van der Waals surface area contributed by atoms with Gasteiger partial charge in [0.05, 0.1) is 24.4 Å². The highest BCUT2D eigenvalue weighted by Gasteiger charge is 2.33. The Morgan fingerprint density at radius 1 is 1.12 bits per heavy atom. The van der Waals surface area contributed by atoms with Gasteiger partial charge in [0.1, 0.15) is 29.0 Å². The maximum absolute atomic E-state index is 13.7. The van der Waals surface area contributed by atoms with E-state index in [0.717, 1.165) is 49.9 Å². The third-order valence-electron chi connectivity index (χ3n) is 7.53. The zero-order valence-electron chi connectivity index (χ0n) is 22.8. The Hall–Kier alpha value is -4.39. The predicted molar refractivity (Wildman–Crippen MR) is 149 cm³/mol. The van der Waals surface area contributed by atoms with Crippen LogP contribution in [-0.4, -0.2) is 65.5 Å². The van der Waals surface area contributed by atoms with E-state index in [-0.39, 0.29) is 29.8 Å². The Morgan fingerprint density at radius 2 is 1.90 bits per heavy atom. The van der Waals surface area contributed by atoms with E-state index in [1.54, 1.807) is 28.9 Å². The van der Waals surface area contributed by atoms with E-state index in [1.807, 2.05) is 19.1 Å². The van der Waals surface area contributed by atoms with Gasteiger partial charge >= 0.3 is 0 Å². The van der Waals surface area contributed by atoms with Crippen LogP contribution in [-0.2, 0) is 9.59 Å². The van der Waals surface area contributed by atoms with E-state index in [1.165, 1.54) is 12.3 Å². The largest absolute Gasteiger partial charge is 0.469 e. The second kappa shape index (κ2) is 11.8. The number of carbonyl (C=O) groups is 3. The molecule has 2 amide bonds. The summed E-state index contributed by atoms with van der Waals surface area (Å²) in [5.41, 5.74) is 1.60. The average Bonchev–Trinajstić information content (AvgIpc) is 3.68. The number of benzene rings is 1. The van der Waals surface area contributed by atoms with Crippen molar-refractivity contribution in [3.8, 4) is 6.07 Å². The van der Waals surface area contributed by atoms with Crippen molar-refractivity contribution in [2.75, 3.05) is 31.5 Å². The molecule has 1 unspecified atom stereocenters. The second-order valence-corrected chi connectivity index (χ2v) is 10.4. The van der Waals surface area contributed by atoms with Gasteiger partial charge in [-0.15, -0.1) is 0 Å². The smallest absolute Gasteiger partial charge is 0.247 e. The minimum atomic E-state index is -1.30. The van der Waals surface area contributed by atoms with Crippen LogP contribution in [0, 0.1) is 31.1 Å². The van der Waals surface area contributed by atoms with Gasteiger partial charge in [0.15, 0.2) is 11.7 Å². The van der Waals surface area contributed by atoms with Crippen LogP contribution < -0.4 is 5.32 Å². The minimum Gasteiger partial charge on any atom is -0.469 e. The Labute approximate surface area is 232 Å². The van der Waals surface area contributed by atoms with Gasteiger partial charge in [0.2, 0.25) is 11.8 Å². The first-order chi connectivity index (χ1) is 19.3. The zero-order chi connectivity index (χ0) is 28.2. The molecule has 0 spiro atoms. The second-order valence-electron chi connectivity index (χ2n) is 10.4. The van der Waals surface area contributed by atoms with Gasteiger partial charge in [-0.1, -0.05) is 0 Å². The summed E-state index contributed by atoms with van der Waals surface area (Å²) in [6.45, 7) is 5.44. The van der Waals surface area contributed by atoms with Crippen molar-refractivity contribution in [2.24, 2.45) is 10.9 Å². The molecule has 1 aromatic carbocycles. The number of aryl methyl sites for hydroxylation is 2. The van der Waals surface area contributed by atoms with Crippen molar-refractivity contribution in [1.29, 1.82) is 5.26 Å². The van der Waals surface area contributed by atoms with Crippen molar-refractivity contribution in [1.82, 2.24) is 9.80 Å². The summed E-state index contributed by atoms with van der Waals surface area (Å²) in [5.74, 6) is -0.854. The van der Waals surface area contributed by atoms with Crippen LogP contribution in [0.25, 0.3) is 11.0 Å². The molecule has 2 aromatic heterocycles. The van der Waals surface area contributed by atoms with E-state index < -0.39 is 17.7 Å². The molecule has 10 heteroatoms. The number of nitriles is 1. The number of aliphatic imine (C=N–C) groups is 1. The number of hydrogen-bond acceptors (Lipinski definition) is 7. The van der Waals surface area contributed by atoms with Crippen LogP contribution >= 0.6 is 0 Å². The van der Waals surface area contributed by atoms with Crippen molar-refractivity contribution in [2.45, 2.75) is 52.0 Å². The van der Waals surface area contributed by atoms with Gasteiger partial charge in [-0.05, 0) is 76.3 Å². The maximum Gasteiger partial charge on any atom is 0.247 e. The first-order valence-corrected chi connectivity index (χ1v) is 13.7. The summed E-state index contributed by atoms with van der Waals surface area (Å²) in [6, 6.07) is 10.1. The summed E-state index contributed by atoms with van der Waals surface area (Å²) in [6.07, 6.45) is 5.29. The van der Waals surface area contributed by atoms with Crippen LogP contribution in [0.15, 0.2) is 50.4 Å². The van der Waals surface area contributed by atoms with Gasteiger partial charge in [-0.25, -0.2) is 0 Å². The summed E-state index contributed by atoms with van der Waals surface area (Å²) in [7, 11) is 0. The number of nitrogens with one attached hydrogen (secondary N) is 1. The molecule has 0 aliphatic carbocycles. The van der Waals surface area contributed by atoms with Crippen LogP contribution in [0.5, 0.6) is 0 Å². The number of furan rings is 2. The molecule has 0 bridgehead atoms. The number of amides is 2. The standard InChI is InChI=1S/C30H33N5O5/c1-19-15-21-16-22(8-9-26(21)40-19)32-29(24(17-31)28(37)23-10-14-39-20(23)2)33-25-7-3-4-13-35(30(25)38)18-27(36)34-11-5-6-12-34/h8-10,14-16,24-25H,3-7,11-13,18H2,1-2H3,(H,32,33)/t24?,25-/m0/s1. The lowest BCUT2D eigenvalue weighted by molar-refractivity contribution is -0.140. The van der Waals surface area contributed by atoms with E-state index >= 15 is 0 Å². The summed E-state index contributed by atoms with van der Waals surface area (Å²) in [5, 5.41) is 14.2. The number of Topliss-reactive ketones (excluding diaryl/α,β-unsaturated/α-hetero) is 1. The molecule has 40 heavy (non-hydrogen) atoms. The van der Waals surface area contributed by atoms with E-state index in [2.05, 4.69) is 11.4 Å². The Balaban J connectivity index is 1.47. The quantitative estimate of drug-likeness (QED) is 0.264. The number of amidine groups is 1. The molecule has 3 aromatic rings. The predicted octanol–water partition coefficient (Wildman–Crippen LogP) is 4.48. The molecule has 5 rings (SSSR count). The van der Waals surface area contributed by atoms with Gasteiger partial charge in [0.25, 0.3) is 0 Å². The summed E-state index contributed by atoms with van der Waals surface area (Å²) < 4.78 is 11.0. The lowest BCUT2D eigenvalue weighted by Gasteiger charge is -2.25. The SMILES string of the molecule is Cc1cc2cc(NC(=N[C@H]3CCCCN(CC(=O)N4CCCC4)C3=O)C(C#N)C(=O)c3ccoc3C)ccc2o1. The van der Waals surface area contributed by atoms with E-state index in [0.29, 0.717) is 30.0 Å². The van der Waals surface area contributed by atoms with Crippen molar-refractivity contribution in [3.05, 3.63) is 53.7 Å². The van der Waals surface area contributed by atoms with Crippen molar-refractivity contribution < 1.29 is 23.2 Å². The van der Waals surface area contributed by atoms with Gasteiger partial charge < -0.3 is 24.0 Å². The molecule has 2 aliphatic heterocycles. The normalized spacial score (nSPS) is 19.0. The molecule has 0 saturated carbocycles. The molecule has 4 heterocycles. The van der Waals surface area contributed by atoms with Gasteiger partial charge in [0, 0.05) is 30.7 Å². The van der Waals surface area contributed by atoms with Crippen molar-refractivity contribution in [3.63, 3.8) is 0 Å². The van der Waals surface area contributed by atoms with Crippen LogP contribution in [0.2, 0.25) is 0 Å². The fourth-order valence-corrected chi connectivity index (χ4v) is 5.38. The van der Waals surface area contributed by atoms with Gasteiger partial charge in [-0.3, -0.25) is 19.4 Å². The number of fused-ring (bicyclic) bond motifs is 1. The van der Waals surface area contributed by atoms with Gasteiger partial charge in [-0.2, -0.15) is 5.26 Å². The van der Waals surface area contributed by atoms with E-state index in [4.69, 9.17) is 13.8 Å². The Morgan fingerprint density at radius 3 is 2.62 bits per heavy atom. The topological polar surface area (TPSA) is 132 Å². The number of hydrogen-bond donors (Lipinski definition) is 1. The highest BCUT2D eigenvalue weighted by atomic mass is 16.3. The molecule has 0 radical (unpaired) electrons. The average molecular weight is 544 g/mol. The van der Waals surface area contributed by atoms with Crippen LogP contribution in [0.1, 0.15) is 54.0 Å². The molecule has 10 nitrogen and oxygen atoms in total. The fourth-order valence-electron chi connectivity index (χ4n) is 5.38. The maximum atomic E-state index is 13.7. The monoisotopic (exact) mass is 543 g/mol. The molecular formula is C30H33N5O5. The number of rotatable bonds is 7. The zero-order valence-corrected chi connectivity index (χ0v) is 22.8.